The van der Waals surface area contributed by atoms with Gasteiger partial charge in [0, 0.05) is 12.6 Å². The van der Waals surface area contributed by atoms with Crippen LogP contribution < -0.4 is 16.2 Å². The smallest absolute Gasteiger partial charge is 0.321 e. The highest BCUT2D eigenvalue weighted by molar-refractivity contribution is 6.29. The van der Waals surface area contributed by atoms with Gasteiger partial charge in [-0.3, -0.25) is 19.5 Å². The molecule has 0 bridgehead atoms. The minimum atomic E-state index is -0.857. The monoisotopic (exact) mass is 272 g/mol. The number of urea groups is 1. The summed E-state index contributed by atoms with van der Waals surface area (Å²) in [6.45, 7) is 3.60. The molecule has 0 fully saturated rings. The molecule has 1 heterocycles. The second kappa shape index (κ2) is 6.15. The molecule has 0 aromatic carbocycles. The van der Waals surface area contributed by atoms with Crippen LogP contribution in [-0.4, -0.2) is 28.0 Å². The van der Waals surface area contributed by atoms with Crippen LogP contribution in [0.3, 0.4) is 0 Å². The van der Waals surface area contributed by atoms with Gasteiger partial charge in [-0.25, -0.2) is 9.78 Å². The van der Waals surface area contributed by atoms with E-state index >= 15 is 0 Å². The minimum Gasteiger partial charge on any atom is -0.338 e. The lowest BCUT2D eigenvalue weighted by atomic mass is 10.3. The predicted molar refractivity (Wildman–Crippen MR) is 65.4 cm³/mol. The maximum atomic E-state index is 11.7. The molecule has 0 aliphatic heterocycles. The Morgan fingerprint density at radius 1 is 1.56 bits per heavy atom. The van der Waals surface area contributed by atoms with Crippen molar-refractivity contribution in [3.8, 4) is 0 Å². The molecule has 0 aliphatic rings. The van der Waals surface area contributed by atoms with Crippen molar-refractivity contribution in [2.24, 2.45) is 0 Å². The Bertz CT molecular complexity index is 514. The van der Waals surface area contributed by atoms with E-state index < -0.39 is 23.5 Å². The number of nitrogens with zero attached hydrogens (tertiary/aromatic N) is 2. The number of carbonyl (C=O) groups is 2. The lowest BCUT2D eigenvalue weighted by Crippen LogP contribution is -2.43. The fourth-order valence-corrected chi connectivity index (χ4v) is 1.36. The summed E-state index contributed by atoms with van der Waals surface area (Å²) in [5, 5.41) is 4.57. The van der Waals surface area contributed by atoms with E-state index in [1.807, 2.05) is 0 Å². The van der Waals surface area contributed by atoms with Gasteiger partial charge in [-0.05, 0) is 13.8 Å². The van der Waals surface area contributed by atoms with Crippen LogP contribution in [0.2, 0.25) is 5.15 Å². The Balaban J connectivity index is 2.80. The molecule has 1 rings (SSSR count). The van der Waals surface area contributed by atoms with Gasteiger partial charge in [0.2, 0.25) is 0 Å². The first kappa shape index (κ1) is 14.2. The zero-order valence-electron chi connectivity index (χ0n) is 9.94. The molecule has 1 atom stereocenters. The maximum Gasteiger partial charge on any atom is 0.321 e. The Morgan fingerprint density at radius 3 is 2.78 bits per heavy atom. The molecule has 8 heteroatoms. The molecule has 0 saturated heterocycles. The Hall–Kier alpha value is -1.89. The number of halogens is 1. The van der Waals surface area contributed by atoms with E-state index in [2.05, 4.69) is 15.6 Å². The van der Waals surface area contributed by atoms with Crippen molar-refractivity contribution in [1.29, 1.82) is 0 Å². The number of aromatic nitrogens is 2. The minimum absolute atomic E-state index is 0.0487. The number of carbonyl (C=O) groups excluding carboxylic acids is 2. The van der Waals surface area contributed by atoms with Crippen LogP contribution >= 0.6 is 11.6 Å². The summed E-state index contributed by atoms with van der Waals surface area (Å²) < 4.78 is 1.08. The van der Waals surface area contributed by atoms with Crippen LogP contribution in [0.1, 0.15) is 19.9 Å². The number of amides is 3. The van der Waals surface area contributed by atoms with Crippen LogP contribution in [0, 0.1) is 0 Å². The Morgan fingerprint density at radius 2 is 2.22 bits per heavy atom. The van der Waals surface area contributed by atoms with Gasteiger partial charge in [0.15, 0.2) is 0 Å². The van der Waals surface area contributed by atoms with Crippen LogP contribution in [0.5, 0.6) is 0 Å². The summed E-state index contributed by atoms with van der Waals surface area (Å²) in [6, 6.07) is -0.369. The summed E-state index contributed by atoms with van der Waals surface area (Å²) in [7, 11) is 0. The predicted octanol–water partition coefficient (Wildman–Crippen LogP) is 0.303. The summed E-state index contributed by atoms with van der Waals surface area (Å²) in [4.78, 5) is 38.1. The highest BCUT2D eigenvalue weighted by Gasteiger charge is 2.18. The molecule has 0 radical (unpaired) electrons. The maximum absolute atomic E-state index is 11.7. The Labute approximate surface area is 108 Å². The van der Waals surface area contributed by atoms with Gasteiger partial charge in [-0.2, -0.15) is 0 Å². The zero-order valence-corrected chi connectivity index (χ0v) is 10.7. The van der Waals surface area contributed by atoms with Gasteiger partial charge in [-0.1, -0.05) is 11.6 Å². The largest absolute Gasteiger partial charge is 0.338 e. The first-order valence-electron chi connectivity index (χ1n) is 5.28. The van der Waals surface area contributed by atoms with Gasteiger partial charge >= 0.3 is 6.03 Å². The van der Waals surface area contributed by atoms with Crippen molar-refractivity contribution < 1.29 is 9.59 Å². The van der Waals surface area contributed by atoms with Crippen LogP contribution in [0.4, 0.5) is 4.79 Å². The van der Waals surface area contributed by atoms with E-state index in [9.17, 15) is 14.4 Å². The molecule has 1 unspecified atom stereocenters. The van der Waals surface area contributed by atoms with Crippen LogP contribution in [0.15, 0.2) is 17.2 Å². The summed E-state index contributed by atoms with van der Waals surface area (Å²) >= 11 is 5.54. The van der Waals surface area contributed by atoms with Crippen molar-refractivity contribution >= 4 is 23.5 Å². The highest BCUT2D eigenvalue weighted by atomic mass is 35.5. The van der Waals surface area contributed by atoms with E-state index in [0.29, 0.717) is 6.54 Å². The molecule has 0 aliphatic carbocycles. The third kappa shape index (κ3) is 3.56. The SMILES string of the molecule is CCNC(=O)NC(=O)C(C)n1cnc(Cl)cc1=O. The second-order valence-electron chi connectivity index (χ2n) is 3.48. The number of nitrogens with one attached hydrogen (secondary N) is 2. The molecular weight excluding hydrogens is 260 g/mol. The number of hydrogen-bond acceptors (Lipinski definition) is 4. The first-order valence-corrected chi connectivity index (χ1v) is 5.66. The number of imide groups is 1. The Kier molecular flexibility index (Phi) is 4.85. The molecule has 2 N–H and O–H groups in total. The fraction of sp³-hybridized carbons (Fsp3) is 0.400. The molecule has 1 aromatic heterocycles. The standard InChI is InChI=1S/C10H13ClN4O3/c1-3-12-10(18)14-9(17)6(2)15-5-13-7(11)4-8(15)16/h4-6H,3H2,1-2H3,(H2,12,14,17,18). The van der Waals surface area contributed by atoms with Crippen LogP contribution in [0.25, 0.3) is 0 Å². The van der Waals surface area contributed by atoms with Gasteiger partial charge in [0.1, 0.15) is 11.2 Å². The van der Waals surface area contributed by atoms with E-state index in [4.69, 9.17) is 11.6 Å². The summed E-state index contributed by atoms with van der Waals surface area (Å²) in [5.41, 5.74) is -0.464. The molecule has 0 spiro atoms. The molecule has 3 amide bonds. The van der Waals surface area contributed by atoms with E-state index in [0.717, 1.165) is 17.0 Å². The van der Waals surface area contributed by atoms with Gasteiger partial charge in [0.25, 0.3) is 11.5 Å². The molecule has 98 valence electrons. The topological polar surface area (TPSA) is 93.1 Å². The van der Waals surface area contributed by atoms with E-state index in [1.165, 1.54) is 6.92 Å². The third-order valence-electron chi connectivity index (χ3n) is 2.17. The average Bonchev–Trinajstić information content (AvgIpc) is 2.28. The zero-order chi connectivity index (χ0) is 13.7. The van der Waals surface area contributed by atoms with Gasteiger partial charge in [-0.15, -0.1) is 0 Å². The molecule has 1 aromatic rings. The van der Waals surface area contributed by atoms with Crippen LogP contribution in [-0.2, 0) is 4.79 Å². The summed E-state index contributed by atoms with van der Waals surface area (Å²) in [6.07, 6.45) is 1.16. The van der Waals surface area contributed by atoms with E-state index in [-0.39, 0.29) is 5.15 Å². The van der Waals surface area contributed by atoms with Crippen molar-refractivity contribution in [2.75, 3.05) is 6.54 Å². The van der Waals surface area contributed by atoms with E-state index in [1.54, 1.807) is 6.92 Å². The number of rotatable bonds is 3. The fourth-order valence-electron chi connectivity index (χ4n) is 1.23. The second-order valence-corrected chi connectivity index (χ2v) is 3.87. The van der Waals surface area contributed by atoms with Gasteiger partial charge in [0.05, 0.1) is 6.33 Å². The molecule has 7 nitrogen and oxygen atoms in total. The summed E-state index contributed by atoms with van der Waals surface area (Å²) in [5.74, 6) is -0.604. The normalized spacial score (nSPS) is 11.7. The highest BCUT2D eigenvalue weighted by Crippen LogP contribution is 2.03. The first-order chi connectivity index (χ1) is 8.45. The van der Waals surface area contributed by atoms with Crippen molar-refractivity contribution in [3.63, 3.8) is 0 Å². The molecule has 0 saturated carbocycles. The van der Waals surface area contributed by atoms with Crippen molar-refractivity contribution in [3.05, 3.63) is 27.9 Å². The quantitative estimate of drug-likeness (QED) is 0.774. The molecule has 18 heavy (non-hydrogen) atoms. The number of hydrogen-bond donors (Lipinski definition) is 2. The van der Waals surface area contributed by atoms with Gasteiger partial charge < -0.3 is 5.32 Å². The lowest BCUT2D eigenvalue weighted by Gasteiger charge is -2.13. The van der Waals surface area contributed by atoms with Crippen molar-refractivity contribution in [2.45, 2.75) is 19.9 Å². The average molecular weight is 273 g/mol. The lowest BCUT2D eigenvalue weighted by molar-refractivity contribution is -0.122. The molecular formula is C10H13ClN4O3. The third-order valence-corrected chi connectivity index (χ3v) is 2.38. The van der Waals surface area contributed by atoms with Crippen molar-refractivity contribution in [1.82, 2.24) is 20.2 Å².